The fraction of sp³-hybridized carbons (Fsp3) is 1.00. The van der Waals surface area contributed by atoms with E-state index in [9.17, 15) is 0 Å². The van der Waals surface area contributed by atoms with E-state index in [0.29, 0.717) is 5.41 Å². The summed E-state index contributed by atoms with van der Waals surface area (Å²) in [6.45, 7) is 10.2. The molecule has 116 valence electrons. The van der Waals surface area contributed by atoms with Crippen LogP contribution in [0.15, 0.2) is 0 Å². The van der Waals surface area contributed by atoms with E-state index >= 15 is 0 Å². The molecule has 3 unspecified atom stereocenters. The van der Waals surface area contributed by atoms with Crippen molar-refractivity contribution < 1.29 is 0 Å². The van der Waals surface area contributed by atoms with E-state index in [4.69, 9.17) is 0 Å². The molecule has 1 heterocycles. The van der Waals surface area contributed by atoms with Gasteiger partial charge in [0.15, 0.2) is 0 Å². The lowest BCUT2D eigenvalue weighted by molar-refractivity contribution is 0.0889. The summed E-state index contributed by atoms with van der Waals surface area (Å²) in [7, 11) is 0. The fourth-order valence-corrected chi connectivity index (χ4v) is 4.64. The summed E-state index contributed by atoms with van der Waals surface area (Å²) in [5, 5.41) is 3.86. The second-order valence-electron chi connectivity index (χ2n) is 8.15. The minimum atomic E-state index is 0.586. The molecule has 20 heavy (non-hydrogen) atoms. The number of likely N-dealkylation sites (tertiary alicyclic amines) is 1. The average molecular weight is 278 g/mol. The molecule has 0 aromatic carbocycles. The Balaban J connectivity index is 1.58. The zero-order chi connectivity index (χ0) is 14.0. The summed E-state index contributed by atoms with van der Waals surface area (Å²) in [4.78, 5) is 2.79. The van der Waals surface area contributed by atoms with E-state index in [1.807, 2.05) is 0 Å². The van der Waals surface area contributed by atoms with Crippen molar-refractivity contribution in [2.45, 2.75) is 71.3 Å². The highest BCUT2D eigenvalue weighted by Gasteiger charge is 2.38. The lowest BCUT2D eigenvalue weighted by Gasteiger charge is -2.43. The molecule has 0 aromatic rings. The zero-order valence-electron chi connectivity index (χ0n) is 13.7. The first kappa shape index (κ1) is 14.8. The predicted molar refractivity (Wildman–Crippen MR) is 85.9 cm³/mol. The van der Waals surface area contributed by atoms with Gasteiger partial charge in [-0.2, -0.15) is 0 Å². The third-order valence-corrected chi connectivity index (χ3v) is 6.03. The molecule has 0 spiro atoms. The minimum Gasteiger partial charge on any atom is -0.313 e. The van der Waals surface area contributed by atoms with E-state index in [-0.39, 0.29) is 0 Å². The van der Waals surface area contributed by atoms with Gasteiger partial charge in [0.05, 0.1) is 0 Å². The average Bonchev–Trinajstić information content (AvgIpc) is 3.16. The summed E-state index contributed by atoms with van der Waals surface area (Å²) >= 11 is 0. The number of hydrogen-bond donors (Lipinski definition) is 1. The summed E-state index contributed by atoms with van der Waals surface area (Å²) in [6.07, 6.45) is 11.5. The molecule has 3 rings (SSSR count). The molecule has 0 radical (unpaired) electrons. The van der Waals surface area contributed by atoms with Gasteiger partial charge in [-0.05, 0) is 55.9 Å². The van der Waals surface area contributed by atoms with Crippen LogP contribution in [0.1, 0.15) is 65.2 Å². The van der Waals surface area contributed by atoms with Gasteiger partial charge in [0.2, 0.25) is 0 Å². The monoisotopic (exact) mass is 278 g/mol. The highest BCUT2D eigenvalue weighted by Crippen LogP contribution is 2.41. The van der Waals surface area contributed by atoms with Crippen LogP contribution in [0.4, 0.5) is 0 Å². The van der Waals surface area contributed by atoms with E-state index in [1.54, 1.807) is 0 Å². The number of rotatable bonds is 6. The highest BCUT2D eigenvalue weighted by molar-refractivity contribution is 4.94. The van der Waals surface area contributed by atoms with E-state index in [2.05, 4.69) is 24.1 Å². The zero-order valence-corrected chi connectivity index (χ0v) is 13.7. The van der Waals surface area contributed by atoms with Crippen LogP contribution in [0, 0.1) is 17.3 Å². The van der Waals surface area contributed by atoms with Gasteiger partial charge in [0, 0.05) is 25.7 Å². The van der Waals surface area contributed by atoms with Crippen LogP contribution in [0.5, 0.6) is 0 Å². The Morgan fingerprint density at radius 3 is 2.70 bits per heavy atom. The van der Waals surface area contributed by atoms with Crippen molar-refractivity contribution in [1.82, 2.24) is 10.2 Å². The Morgan fingerprint density at radius 2 is 2.05 bits per heavy atom. The first-order chi connectivity index (χ1) is 9.69. The van der Waals surface area contributed by atoms with Crippen LogP contribution in [-0.2, 0) is 0 Å². The van der Waals surface area contributed by atoms with Gasteiger partial charge in [-0.25, -0.2) is 0 Å². The summed E-state index contributed by atoms with van der Waals surface area (Å²) in [5.41, 5.74) is 0.586. The van der Waals surface area contributed by atoms with Crippen molar-refractivity contribution in [2.24, 2.45) is 17.3 Å². The van der Waals surface area contributed by atoms with Crippen molar-refractivity contribution in [3.8, 4) is 0 Å². The quantitative estimate of drug-likeness (QED) is 0.797. The van der Waals surface area contributed by atoms with Gasteiger partial charge >= 0.3 is 0 Å². The Morgan fingerprint density at radius 1 is 1.20 bits per heavy atom. The Kier molecular flexibility index (Phi) is 4.72. The molecule has 2 heteroatoms. The SMILES string of the molecule is CCC1CCN(CC2(CNC3CC3)CCCC(C)C2)C1. The maximum absolute atomic E-state index is 3.86. The maximum atomic E-state index is 3.86. The predicted octanol–water partition coefficient (Wildman–Crippen LogP) is 3.67. The van der Waals surface area contributed by atoms with Crippen molar-refractivity contribution in [3.63, 3.8) is 0 Å². The molecule has 2 saturated carbocycles. The summed E-state index contributed by atoms with van der Waals surface area (Å²) in [6, 6.07) is 0.867. The topological polar surface area (TPSA) is 15.3 Å². The smallest absolute Gasteiger partial charge is 0.00684 e. The van der Waals surface area contributed by atoms with Gasteiger partial charge in [0.25, 0.3) is 0 Å². The first-order valence-corrected chi connectivity index (χ1v) is 9.15. The number of nitrogens with one attached hydrogen (secondary N) is 1. The molecule has 1 saturated heterocycles. The van der Waals surface area contributed by atoms with E-state index in [1.165, 1.54) is 77.5 Å². The van der Waals surface area contributed by atoms with Crippen LogP contribution in [-0.4, -0.2) is 37.1 Å². The van der Waals surface area contributed by atoms with Crippen LogP contribution >= 0.6 is 0 Å². The van der Waals surface area contributed by atoms with Crippen molar-refractivity contribution in [3.05, 3.63) is 0 Å². The molecule has 0 aromatic heterocycles. The normalized spacial score (nSPS) is 39.3. The molecule has 1 aliphatic heterocycles. The number of nitrogens with zero attached hydrogens (tertiary/aromatic N) is 1. The lowest BCUT2D eigenvalue weighted by atomic mass is 9.69. The minimum absolute atomic E-state index is 0.586. The molecule has 1 N–H and O–H groups in total. The lowest BCUT2D eigenvalue weighted by Crippen LogP contribution is -2.46. The van der Waals surface area contributed by atoms with E-state index < -0.39 is 0 Å². The molecule has 3 fully saturated rings. The third kappa shape index (κ3) is 3.76. The largest absolute Gasteiger partial charge is 0.313 e. The first-order valence-electron chi connectivity index (χ1n) is 9.15. The molecule has 0 bridgehead atoms. The highest BCUT2D eigenvalue weighted by atomic mass is 15.2. The molecular formula is C18H34N2. The van der Waals surface area contributed by atoms with Crippen molar-refractivity contribution in [1.29, 1.82) is 0 Å². The number of hydrogen-bond acceptors (Lipinski definition) is 2. The molecule has 2 aliphatic carbocycles. The Labute approximate surface area is 125 Å². The van der Waals surface area contributed by atoms with Crippen LogP contribution in [0.25, 0.3) is 0 Å². The standard InChI is InChI=1S/C18H34N2/c1-3-16-8-10-20(12-16)14-18(13-19-17-6-7-17)9-4-5-15(2)11-18/h15-17,19H,3-14H2,1-2H3. The molecule has 3 atom stereocenters. The molecule has 3 aliphatic rings. The van der Waals surface area contributed by atoms with Crippen molar-refractivity contribution in [2.75, 3.05) is 26.2 Å². The second-order valence-corrected chi connectivity index (χ2v) is 8.15. The van der Waals surface area contributed by atoms with E-state index in [0.717, 1.165) is 17.9 Å². The Hall–Kier alpha value is -0.0800. The molecule has 2 nitrogen and oxygen atoms in total. The fourth-order valence-electron chi connectivity index (χ4n) is 4.64. The molecule has 0 amide bonds. The van der Waals surface area contributed by atoms with Crippen molar-refractivity contribution >= 4 is 0 Å². The molecular weight excluding hydrogens is 244 g/mol. The van der Waals surface area contributed by atoms with Gasteiger partial charge < -0.3 is 10.2 Å². The van der Waals surface area contributed by atoms with Crippen LogP contribution in [0.2, 0.25) is 0 Å². The Bertz CT molecular complexity index is 313. The summed E-state index contributed by atoms with van der Waals surface area (Å²) < 4.78 is 0. The van der Waals surface area contributed by atoms with Gasteiger partial charge in [0.1, 0.15) is 0 Å². The van der Waals surface area contributed by atoms with Crippen LogP contribution < -0.4 is 5.32 Å². The second kappa shape index (κ2) is 6.36. The van der Waals surface area contributed by atoms with Gasteiger partial charge in [-0.3, -0.25) is 0 Å². The van der Waals surface area contributed by atoms with Gasteiger partial charge in [-0.1, -0.05) is 33.1 Å². The van der Waals surface area contributed by atoms with Crippen LogP contribution in [0.3, 0.4) is 0 Å². The van der Waals surface area contributed by atoms with Gasteiger partial charge in [-0.15, -0.1) is 0 Å². The summed E-state index contributed by atoms with van der Waals surface area (Å²) in [5.74, 6) is 1.92. The third-order valence-electron chi connectivity index (χ3n) is 6.03. The maximum Gasteiger partial charge on any atom is 0.00684 e.